The van der Waals surface area contributed by atoms with Crippen LogP contribution >= 0.6 is 0 Å². The fraction of sp³-hybridized carbons (Fsp3) is 0.293. The van der Waals surface area contributed by atoms with Crippen molar-refractivity contribution in [2.24, 2.45) is 0 Å². The minimum Gasteiger partial charge on any atom is -0.463 e. The van der Waals surface area contributed by atoms with Crippen molar-refractivity contribution in [1.29, 1.82) is 0 Å². The molecule has 0 saturated carbocycles. The standard InChI is InChI=1S/C58H55BF2N3O9/c1-13-70-55(68)46-31(5)51-49(52-32(6)50(56(69)71-14-2)58(11,12)64(52)59(60,61)63(51)33(46)7)45-29(3)25-37(26-30(45)4)72-44(65)27-34-15-18-36(19-16-34)62-53(66)39-21-20-38-41-28-35(57(8,9)10)17-23-42(41)73-43-24-22-40(54(62)67)47(39)48(38)43/h15-26,28H,13-14,27H2,1-12H3/q-1. The van der Waals surface area contributed by atoms with Crippen molar-refractivity contribution in [3.8, 4) is 11.4 Å². The second-order valence-electron chi connectivity index (χ2n) is 20.8. The number of hydrogen-bond acceptors (Lipinski definition) is 10. The number of aryl methyl sites for hydroxylation is 2. The number of allylic oxidation sites excluding steroid dienone is 1. The first kappa shape index (κ1) is 48.8. The van der Waals surface area contributed by atoms with E-state index in [1.165, 1.54) is 6.92 Å². The van der Waals surface area contributed by atoms with Crippen molar-refractivity contribution in [1.82, 2.24) is 13.9 Å². The number of halogens is 2. The van der Waals surface area contributed by atoms with Gasteiger partial charge < -0.3 is 36.5 Å². The van der Waals surface area contributed by atoms with Gasteiger partial charge in [-0.2, -0.15) is 0 Å². The third-order valence-electron chi connectivity index (χ3n) is 14.8. The maximum absolute atomic E-state index is 17.5. The van der Waals surface area contributed by atoms with Gasteiger partial charge in [0.2, 0.25) is 0 Å². The Balaban J connectivity index is 0.983. The molecule has 12 nitrogen and oxygen atoms in total. The highest BCUT2D eigenvalue weighted by Crippen LogP contribution is 2.55. The number of esters is 3. The molecule has 0 fully saturated rings. The van der Waals surface area contributed by atoms with Gasteiger partial charge in [-0.15, -0.1) is 0 Å². The molecule has 3 aromatic heterocycles. The molecule has 15 heteroatoms. The third kappa shape index (κ3) is 7.24. The molecule has 0 N–H and O–H groups in total. The summed E-state index contributed by atoms with van der Waals surface area (Å²) >= 11 is 0. The number of hydrogen-bond donors (Lipinski definition) is 0. The number of ether oxygens (including phenoxy) is 3. The molecular formula is C58H55BF2N3O9-. The van der Waals surface area contributed by atoms with E-state index in [-0.39, 0.29) is 59.0 Å². The molecule has 0 spiro atoms. The van der Waals surface area contributed by atoms with E-state index in [1.807, 2.05) is 12.1 Å². The van der Waals surface area contributed by atoms with E-state index in [1.54, 1.807) is 110 Å². The molecule has 5 aromatic carbocycles. The van der Waals surface area contributed by atoms with Gasteiger partial charge in [0.05, 0.1) is 36.5 Å². The second kappa shape index (κ2) is 16.9. The lowest BCUT2D eigenvalue weighted by Gasteiger charge is -2.53. The number of carbonyl (C=O) groups is 3. The van der Waals surface area contributed by atoms with E-state index in [0.717, 1.165) is 30.2 Å². The van der Waals surface area contributed by atoms with Gasteiger partial charge in [0.25, 0.3) is 11.1 Å². The van der Waals surface area contributed by atoms with E-state index in [2.05, 4.69) is 32.9 Å². The normalized spacial score (nSPS) is 15.2. The molecule has 374 valence electrons. The first-order valence-corrected chi connectivity index (χ1v) is 24.5. The maximum Gasteiger partial charge on any atom is 0.529 e. The summed E-state index contributed by atoms with van der Waals surface area (Å²) < 4.78 is 60.1. The average Bonchev–Trinajstić information content (AvgIpc) is 3.71. The molecule has 0 bridgehead atoms. The highest BCUT2D eigenvalue weighted by atomic mass is 19.2. The van der Waals surface area contributed by atoms with Crippen LogP contribution in [-0.2, 0) is 30.9 Å². The van der Waals surface area contributed by atoms with Crippen molar-refractivity contribution in [3.05, 3.63) is 167 Å². The van der Waals surface area contributed by atoms with Crippen LogP contribution in [0.4, 0.5) is 8.63 Å². The molecule has 10 rings (SSSR count). The lowest BCUT2D eigenvalue weighted by atomic mass is 9.78. The van der Waals surface area contributed by atoms with Gasteiger partial charge in [-0.25, -0.2) is 14.2 Å². The third-order valence-corrected chi connectivity index (χ3v) is 14.8. The van der Waals surface area contributed by atoms with E-state index in [4.69, 9.17) is 18.6 Å². The van der Waals surface area contributed by atoms with Crippen molar-refractivity contribution in [2.45, 2.75) is 100 Å². The molecule has 8 aromatic rings. The van der Waals surface area contributed by atoms with Gasteiger partial charge in [0, 0.05) is 49.4 Å². The van der Waals surface area contributed by atoms with Gasteiger partial charge >= 0.3 is 24.9 Å². The van der Waals surface area contributed by atoms with Crippen LogP contribution in [0.3, 0.4) is 0 Å². The summed E-state index contributed by atoms with van der Waals surface area (Å²) in [5.74, 6) is -1.82. The summed E-state index contributed by atoms with van der Waals surface area (Å²) in [6.07, 6.45) is -0.159. The molecule has 0 atom stereocenters. The summed E-state index contributed by atoms with van der Waals surface area (Å²) in [7, 11) is 0. The zero-order valence-electron chi connectivity index (χ0n) is 43.0. The van der Waals surface area contributed by atoms with Gasteiger partial charge in [0.15, 0.2) is 0 Å². The van der Waals surface area contributed by atoms with Gasteiger partial charge in [0.1, 0.15) is 16.9 Å². The SMILES string of the molecule is CCOC(=O)C1=C(C)C2=C(c3c(C)cc(OC(=O)Cc4ccc(-n5c(=O)c6ccc7oc8ccc(C(C)(C)C)cc8c8ccc(c5=O)c6c78)cc4)cc3C)c3c(C)c(C(=O)OCC)c(C)n3[B-](F)(F)N2C1(C)C. The highest BCUT2D eigenvalue weighted by molar-refractivity contribution is 6.64. The molecule has 2 aliphatic rings. The minimum atomic E-state index is -4.67. The molecule has 2 aliphatic heterocycles. The van der Waals surface area contributed by atoms with E-state index < -0.39 is 41.5 Å². The summed E-state index contributed by atoms with van der Waals surface area (Å²) in [4.78, 5) is 70.2. The van der Waals surface area contributed by atoms with Crippen LogP contribution in [0.2, 0.25) is 0 Å². The summed E-state index contributed by atoms with van der Waals surface area (Å²) in [6.45, 7) is 16.6. The van der Waals surface area contributed by atoms with Gasteiger partial charge in [-0.3, -0.25) is 14.4 Å². The lowest BCUT2D eigenvalue weighted by Crippen LogP contribution is -2.62. The highest BCUT2D eigenvalue weighted by Gasteiger charge is 2.57. The molecule has 0 aliphatic carbocycles. The Kier molecular flexibility index (Phi) is 11.3. The van der Waals surface area contributed by atoms with Gasteiger partial charge in [-0.05, 0) is 172 Å². The summed E-state index contributed by atoms with van der Waals surface area (Å²) in [6, 6.07) is 23.2. The minimum absolute atomic E-state index is 0.0244. The van der Waals surface area contributed by atoms with Crippen LogP contribution in [0.15, 0.2) is 110 Å². The number of carbonyl (C=O) groups excluding carboxylic acids is 3. The maximum atomic E-state index is 17.5. The molecular weight excluding hydrogens is 931 g/mol. The predicted octanol–water partition coefficient (Wildman–Crippen LogP) is 11.5. The first-order chi connectivity index (χ1) is 34.4. The van der Waals surface area contributed by atoms with Crippen molar-refractivity contribution >= 4 is 73.9 Å². The summed E-state index contributed by atoms with van der Waals surface area (Å²) in [5, 5.41) is 3.79. The monoisotopic (exact) mass is 986 g/mol. The molecule has 73 heavy (non-hydrogen) atoms. The number of pyridine rings is 1. The fourth-order valence-corrected chi connectivity index (χ4v) is 11.7. The number of nitrogens with zero attached hydrogens (tertiary/aromatic N) is 3. The van der Waals surface area contributed by atoms with Crippen LogP contribution < -0.4 is 15.9 Å². The summed E-state index contributed by atoms with van der Waals surface area (Å²) in [5.41, 5.74) is 3.79. The van der Waals surface area contributed by atoms with Crippen molar-refractivity contribution in [2.75, 3.05) is 13.2 Å². The topological polar surface area (TPSA) is 139 Å². The van der Waals surface area contributed by atoms with E-state index in [9.17, 15) is 24.0 Å². The Morgan fingerprint density at radius 3 is 1.93 bits per heavy atom. The quantitative estimate of drug-likeness (QED) is 0.0451. The molecule has 0 radical (unpaired) electrons. The van der Waals surface area contributed by atoms with E-state index >= 15 is 8.63 Å². The van der Waals surface area contributed by atoms with Crippen molar-refractivity contribution < 1.29 is 41.6 Å². The lowest BCUT2D eigenvalue weighted by molar-refractivity contribution is -0.139. The van der Waals surface area contributed by atoms with E-state index in [0.29, 0.717) is 77.4 Å². The zero-order chi connectivity index (χ0) is 52.5. The molecule has 5 heterocycles. The smallest absolute Gasteiger partial charge is 0.463 e. The Morgan fingerprint density at radius 1 is 0.726 bits per heavy atom. The van der Waals surface area contributed by atoms with Crippen LogP contribution in [0.1, 0.15) is 111 Å². The Hall–Kier alpha value is -7.81. The van der Waals surface area contributed by atoms with Crippen LogP contribution in [-0.4, -0.2) is 57.5 Å². The molecule has 0 unspecified atom stereocenters. The number of aromatic nitrogens is 2. The van der Waals surface area contributed by atoms with Gasteiger partial charge in [-0.1, -0.05) is 45.0 Å². The number of fused-ring (bicyclic) bond motifs is 4. The largest absolute Gasteiger partial charge is 0.529 e. The Morgan fingerprint density at radius 2 is 1.32 bits per heavy atom. The predicted molar refractivity (Wildman–Crippen MR) is 280 cm³/mol. The Bertz CT molecular complexity index is 3870. The van der Waals surface area contributed by atoms with Crippen LogP contribution in [0, 0.1) is 27.7 Å². The Labute approximate surface area is 419 Å². The van der Waals surface area contributed by atoms with Crippen molar-refractivity contribution in [3.63, 3.8) is 0 Å². The fourth-order valence-electron chi connectivity index (χ4n) is 11.7. The molecule has 0 saturated heterocycles. The number of rotatable bonds is 9. The second-order valence-corrected chi connectivity index (χ2v) is 20.8. The van der Waals surface area contributed by atoms with Crippen LogP contribution in [0.5, 0.6) is 5.75 Å². The first-order valence-electron chi connectivity index (χ1n) is 24.5. The average molecular weight is 987 g/mol. The number of benzene rings is 5. The zero-order valence-corrected chi connectivity index (χ0v) is 43.0. The molecule has 0 amide bonds. The van der Waals surface area contributed by atoms with Crippen LogP contribution in [0.25, 0.3) is 54.7 Å².